The number of aromatic nitrogens is 2. The molecule has 0 aliphatic heterocycles. The van der Waals surface area contributed by atoms with Crippen LogP contribution in [0.1, 0.15) is 28.7 Å². The normalized spacial score (nSPS) is 10.2. The summed E-state index contributed by atoms with van der Waals surface area (Å²) in [6, 6.07) is 7.64. The number of carbonyl (C=O) groups excluding carboxylic acids is 1. The highest BCUT2D eigenvalue weighted by atomic mass is 16.2. The summed E-state index contributed by atoms with van der Waals surface area (Å²) in [5, 5.41) is 3.30. The molecule has 2 aromatic rings. The number of aryl methyl sites for hydroxylation is 1. The van der Waals surface area contributed by atoms with E-state index in [4.69, 9.17) is 0 Å². The number of pyridine rings is 2. The van der Waals surface area contributed by atoms with E-state index in [1.165, 1.54) is 10.5 Å². The molecule has 1 N–H and O–H groups in total. The van der Waals surface area contributed by atoms with Gasteiger partial charge in [0.2, 0.25) is 0 Å². The Morgan fingerprint density at radius 1 is 1.24 bits per heavy atom. The zero-order valence-electron chi connectivity index (χ0n) is 12.6. The summed E-state index contributed by atoms with van der Waals surface area (Å²) in [6.07, 6.45) is 4.38. The van der Waals surface area contributed by atoms with Crippen molar-refractivity contribution < 1.29 is 4.79 Å². The molecule has 0 spiro atoms. The molecule has 2 aromatic heterocycles. The van der Waals surface area contributed by atoms with E-state index in [1.54, 1.807) is 32.6 Å². The highest BCUT2D eigenvalue weighted by Gasteiger charge is 2.10. The molecule has 2 heterocycles. The summed E-state index contributed by atoms with van der Waals surface area (Å²) in [5.41, 5.74) is 3.55. The molecule has 1 amide bonds. The maximum Gasteiger partial charge on any atom is 0.272 e. The number of nitrogens with zero attached hydrogens (tertiary/aromatic N) is 3. The van der Waals surface area contributed by atoms with E-state index in [-0.39, 0.29) is 5.91 Å². The Kier molecular flexibility index (Phi) is 4.87. The van der Waals surface area contributed by atoms with Crippen molar-refractivity contribution in [2.75, 3.05) is 19.4 Å². The van der Waals surface area contributed by atoms with Crippen molar-refractivity contribution >= 4 is 11.6 Å². The van der Waals surface area contributed by atoms with Crippen molar-refractivity contribution in [1.29, 1.82) is 0 Å². The Balaban J connectivity index is 2.10. The minimum Gasteiger partial charge on any atom is -0.379 e. The molecule has 5 heteroatoms. The predicted octanol–water partition coefficient (Wildman–Crippen LogP) is 2.35. The molecule has 110 valence electrons. The van der Waals surface area contributed by atoms with E-state index in [2.05, 4.69) is 28.3 Å². The minimum atomic E-state index is -0.106. The third-order valence-corrected chi connectivity index (χ3v) is 3.21. The smallest absolute Gasteiger partial charge is 0.272 e. The Hall–Kier alpha value is -2.43. The third-order valence-electron chi connectivity index (χ3n) is 3.21. The largest absolute Gasteiger partial charge is 0.379 e. The van der Waals surface area contributed by atoms with E-state index in [1.807, 2.05) is 12.1 Å². The zero-order valence-corrected chi connectivity index (χ0v) is 12.6. The van der Waals surface area contributed by atoms with Gasteiger partial charge in [-0.25, -0.2) is 0 Å². The molecule has 21 heavy (non-hydrogen) atoms. The lowest BCUT2D eigenvalue weighted by Gasteiger charge is -2.12. The van der Waals surface area contributed by atoms with Crippen molar-refractivity contribution in [3.8, 4) is 0 Å². The molecular weight excluding hydrogens is 264 g/mol. The number of hydrogen-bond acceptors (Lipinski definition) is 4. The van der Waals surface area contributed by atoms with Gasteiger partial charge in [-0.2, -0.15) is 0 Å². The molecule has 2 rings (SSSR count). The van der Waals surface area contributed by atoms with Gasteiger partial charge in [0.1, 0.15) is 5.69 Å². The molecule has 0 aliphatic carbocycles. The van der Waals surface area contributed by atoms with E-state index in [0.717, 1.165) is 17.8 Å². The van der Waals surface area contributed by atoms with Gasteiger partial charge in [-0.15, -0.1) is 0 Å². The quantitative estimate of drug-likeness (QED) is 0.915. The molecule has 0 aromatic carbocycles. The molecule has 0 aliphatic rings. The lowest BCUT2D eigenvalue weighted by atomic mass is 10.1. The van der Waals surface area contributed by atoms with Crippen LogP contribution in [0, 0.1) is 0 Å². The van der Waals surface area contributed by atoms with Crippen LogP contribution in [0.15, 0.2) is 36.7 Å². The number of carbonyl (C=O) groups is 1. The fraction of sp³-hybridized carbons (Fsp3) is 0.312. The Morgan fingerprint density at radius 2 is 2.05 bits per heavy atom. The average Bonchev–Trinajstić information content (AvgIpc) is 2.52. The van der Waals surface area contributed by atoms with Crippen LogP contribution < -0.4 is 5.32 Å². The molecule has 0 bridgehead atoms. The number of anilines is 1. The number of amides is 1. The Labute approximate surface area is 125 Å². The molecular formula is C16H20N4O. The van der Waals surface area contributed by atoms with Crippen molar-refractivity contribution in [3.63, 3.8) is 0 Å². The standard InChI is InChI=1S/C16H20N4O/c1-4-12-6-5-8-17-15(12)11-19-13-7-9-18-14(10-13)16(21)20(2)3/h5-10H,4,11H2,1-3H3,(H,18,19). The molecule has 0 atom stereocenters. The van der Waals surface area contributed by atoms with Crippen molar-refractivity contribution in [2.45, 2.75) is 19.9 Å². The Bertz CT molecular complexity index is 625. The summed E-state index contributed by atoms with van der Waals surface area (Å²) in [7, 11) is 3.43. The second-order valence-electron chi connectivity index (χ2n) is 4.95. The second kappa shape index (κ2) is 6.83. The lowest BCUT2D eigenvalue weighted by molar-refractivity contribution is 0.0822. The van der Waals surface area contributed by atoms with Gasteiger partial charge in [0.25, 0.3) is 5.91 Å². The fourth-order valence-corrected chi connectivity index (χ4v) is 2.02. The van der Waals surface area contributed by atoms with Crippen LogP contribution in [0.4, 0.5) is 5.69 Å². The van der Waals surface area contributed by atoms with Crippen LogP contribution in [0.5, 0.6) is 0 Å². The molecule has 0 saturated carbocycles. The van der Waals surface area contributed by atoms with Gasteiger partial charge < -0.3 is 10.2 Å². The Morgan fingerprint density at radius 3 is 2.76 bits per heavy atom. The average molecular weight is 284 g/mol. The summed E-state index contributed by atoms with van der Waals surface area (Å²) >= 11 is 0. The van der Waals surface area contributed by atoms with Gasteiger partial charge in [-0.1, -0.05) is 13.0 Å². The topological polar surface area (TPSA) is 58.1 Å². The van der Waals surface area contributed by atoms with Crippen LogP contribution in [0.2, 0.25) is 0 Å². The highest BCUT2D eigenvalue weighted by Crippen LogP contribution is 2.12. The first-order chi connectivity index (χ1) is 10.1. The van der Waals surface area contributed by atoms with Crippen LogP contribution in [-0.2, 0) is 13.0 Å². The van der Waals surface area contributed by atoms with E-state index in [0.29, 0.717) is 12.2 Å². The van der Waals surface area contributed by atoms with E-state index < -0.39 is 0 Å². The first-order valence-corrected chi connectivity index (χ1v) is 6.96. The number of rotatable bonds is 5. The van der Waals surface area contributed by atoms with Crippen LogP contribution in [0.25, 0.3) is 0 Å². The van der Waals surface area contributed by atoms with Crippen LogP contribution in [-0.4, -0.2) is 34.9 Å². The molecule has 5 nitrogen and oxygen atoms in total. The zero-order chi connectivity index (χ0) is 15.2. The van der Waals surface area contributed by atoms with Crippen molar-refractivity contribution in [3.05, 3.63) is 53.6 Å². The van der Waals surface area contributed by atoms with Crippen LogP contribution in [0.3, 0.4) is 0 Å². The molecule has 0 fully saturated rings. The lowest BCUT2D eigenvalue weighted by Crippen LogP contribution is -2.22. The third kappa shape index (κ3) is 3.78. The molecule has 0 unspecified atom stereocenters. The number of hydrogen-bond donors (Lipinski definition) is 1. The second-order valence-corrected chi connectivity index (χ2v) is 4.95. The summed E-state index contributed by atoms with van der Waals surface area (Å²) < 4.78 is 0. The molecule has 0 saturated heterocycles. The van der Waals surface area contributed by atoms with Gasteiger partial charge in [-0.05, 0) is 30.2 Å². The highest BCUT2D eigenvalue weighted by molar-refractivity contribution is 5.92. The summed E-state index contributed by atoms with van der Waals surface area (Å²) in [5.74, 6) is -0.106. The van der Waals surface area contributed by atoms with Gasteiger partial charge >= 0.3 is 0 Å². The minimum absolute atomic E-state index is 0.106. The molecule has 0 radical (unpaired) electrons. The first-order valence-electron chi connectivity index (χ1n) is 6.96. The van der Waals surface area contributed by atoms with Crippen molar-refractivity contribution in [2.24, 2.45) is 0 Å². The fourth-order valence-electron chi connectivity index (χ4n) is 2.02. The SMILES string of the molecule is CCc1cccnc1CNc1ccnc(C(=O)N(C)C)c1. The maximum atomic E-state index is 11.9. The van der Waals surface area contributed by atoms with Gasteiger partial charge in [-0.3, -0.25) is 14.8 Å². The van der Waals surface area contributed by atoms with Gasteiger partial charge in [0.05, 0.1) is 12.2 Å². The predicted molar refractivity (Wildman–Crippen MR) is 83.2 cm³/mol. The monoisotopic (exact) mass is 284 g/mol. The van der Waals surface area contributed by atoms with Crippen LogP contribution >= 0.6 is 0 Å². The summed E-state index contributed by atoms with van der Waals surface area (Å²) in [6.45, 7) is 2.74. The first kappa shape index (κ1) is 15.0. The van der Waals surface area contributed by atoms with Crippen molar-refractivity contribution in [1.82, 2.24) is 14.9 Å². The maximum absolute atomic E-state index is 11.9. The summed E-state index contributed by atoms with van der Waals surface area (Å²) in [4.78, 5) is 21.9. The van der Waals surface area contributed by atoms with E-state index in [9.17, 15) is 4.79 Å². The van der Waals surface area contributed by atoms with E-state index >= 15 is 0 Å². The number of nitrogens with one attached hydrogen (secondary N) is 1. The van der Waals surface area contributed by atoms with Gasteiger partial charge in [0, 0.05) is 32.2 Å². The van der Waals surface area contributed by atoms with Gasteiger partial charge in [0.15, 0.2) is 0 Å².